The number of aryl methyl sites for hydroxylation is 1. The van der Waals surface area contributed by atoms with Gasteiger partial charge in [-0.3, -0.25) is 9.48 Å². The molecule has 1 amide bonds. The first kappa shape index (κ1) is 20.1. The fourth-order valence-corrected chi connectivity index (χ4v) is 4.34. The smallest absolute Gasteiger partial charge is 0.349 e. The maximum atomic E-state index is 12.8. The van der Waals surface area contributed by atoms with Gasteiger partial charge in [0.15, 0.2) is 0 Å². The molecule has 6 nitrogen and oxygen atoms in total. The van der Waals surface area contributed by atoms with Crippen LogP contribution < -0.4 is 5.73 Å². The van der Waals surface area contributed by atoms with Crippen molar-refractivity contribution in [2.45, 2.75) is 19.6 Å². The molecule has 0 bridgehead atoms. The van der Waals surface area contributed by atoms with Crippen LogP contribution in [-0.4, -0.2) is 21.7 Å². The lowest BCUT2D eigenvalue weighted by Gasteiger charge is -2.14. The number of primary amides is 1. The zero-order chi connectivity index (χ0) is 21.3. The number of thiophene rings is 1. The summed E-state index contributed by atoms with van der Waals surface area (Å²) in [5, 5.41) is 6.11. The van der Waals surface area contributed by atoms with Crippen LogP contribution in [0.5, 0.6) is 0 Å². The molecule has 8 heteroatoms. The fraction of sp³-hybridized carbons (Fsp3) is 0.136. The molecule has 0 aliphatic rings. The average molecular weight is 440 g/mol. The van der Waals surface area contributed by atoms with Crippen LogP contribution in [0, 0.1) is 6.92 Å². The Kier molecular flexibility index (Phi) is 5.57. The Morgan fingerprint density at radius 2 is 1.87 bits per heavy atom. The normalized spacial score (nSPS) is 12.1. The molecule has 1 unspecified atom stereocenters. The zero-order valence-electron chi connectivity index (χ0n) is 16.0. The van der Waals surface area contributed by atoms with E-state index in [1.165, 1.54) is 11.3 Å². The molecule has 2 N–H and O–H groups in total. The Morgan fingerprint density at radius 1 is 1.17 bits per heavy atom. The summed E-state index contributed by atoms with van der Waals surface area (Å²) in [5.41, 5.74) is 7.84. The Bertz CT molecular complexity index is 1220. The molecule has 0 fully saturated rings. The Morgan fingerprint density at radius 3 is 2.53 bits per heavy atom. The van der Waals surface area contributed by atoms with Gasteiger partial charge in [-0.05, 0) is 30.7 Å². The number of ether oxygens (including phenoxy) is 1. The number of carbonyl (C=O) groups excluding carboxylic acids is 2. The third kappa shape index (κ3) is 4.08. The SMILES string of the molecule is Cc1nn(Cc2ccc(Cl)cc2)c2sc(C(=O)OC(C(N)=O)c3ccccc3)cc12. The first-order valence-electron chi connectivity index (χ1n) is 9.19. The molecular formula is C22H18ClN3O3S. The standard InChI is InChI=1S/C22H18ClN3O3S/c1-13-17-11-18(22(28)29-19(20(24)27)15-5-3-2-4-6-15)30-21(17)26(25-13)12-14-7-9-16(23)10-8-14/h2-11,19H,12H2,1H3,(H2,24,27). The maximum absolute atomic E-state index is 12.8. The first-order chi connectivity index (χ1) is 14.4. The summed E-state index contributed by atoms with van der Waals surface area (Å²) < 4.78 is 7.29. The van der Waals surface area contributed by atoms with Crippen molar-refractivity contribution in [3.63, 3.8) is 0 Å². The third-order valence-electron chi connectivity index (χ3n) is 4.64. The number of nitrogens with two attached hydrogens (primary N) is 1. The van der Waals surface area contributed by atoms with E-state index in [0.29, 0.717) is 22.0 Å². The lowest BCUT2D eigenvalue weighted by Crippen LogP contribution is -2.26. The highest BCUT2D eigenvalue weighted by atomic mass is 35.5. The number of nitrogens with zero attached hydrogens (tertiary/aromatic N) is 2. The Hall–Kier alpha value is -3.16. The molecule has 2 aromatic carbocycles. The summed E-state index contributed by atoms with van der Waals surface area (Å²) in [6, 6.07) is 18.0. The van der Waals surface area contributed by atoms with Gasteiger partial charge in [-0.15, -0.1) is 11.3 Å². The van der Waals surface area contributed by atoms with Crippen molar-refractivity contribution in [3.05, 3.63) is 87.4 Å². The summed E-state index contributed by atoms with van der Waals surface area (Å²) >= 11 is 7.23. The quantitative estimate of drug-likeness (QED) is 0.448. The van der Waals surface area contributed by atoms with Gasteiger partial charge in [0.1, 0.15) is 9.71 Å². The molecule has 0 radical (unpaired) electrons. The topological polar surface area (TPSA) is 87.2 Å². The third-order valence-corrected chi connectivity index (χ3v) is 6.02. The van der Waals surface area contributed by atoms with E-state index in [9.17, 15) is 9.59 Å². The average Bonchev–Trinajstić information content (AvgIpc) is 3.29. The number of aromatic nitrogens is 2. The predicted molar refractivity (Wildman–Crippen MR) is 117 cm³/mol. The largest absolute Gasteiger partial charge is 0.443 e. The van der Waals surface area contributed by atoms with Crippen molar-refractivity contribution in [3.8, 4) is 0 Å². The molecule has 0 aliphatic heterocycles. The van der Waals surface area contributed by atoms with Crippen LogP contribution in [0.4, 0.5) is 0 Å². The van der Waals surface area contributed by atoms with E-state index in [1.807, 2.05) is 41.9 Å². The van der Waals surface area contributed by atoms with Gasteiger partial charge in [0.05, 0.1) is 12.2 Å². The lowest BCUT2D eigenvalue weighted by atomic mass is 10.1. The minimum absolute atomic E-state index is 0.387. The maximum Gasteiger partial charge on any atom is 0.349 e. The molecule has 30 heavy (non-hydrogen) atoms. The van der Waals surface area contributed by atoms with Crippen molar-refractivity contribution in [1.82, 2.24) is 9.78 Å². The monoisotopic (exact) mass is 439 g/mol. The molecule has 152 valence electrons. The van der Waals surface area contributed by atoms with Crippen LogP contribution in [0.2, 0.25) is 5.02 Å². The summed E-state index contributed by atoms with van der Waals surface area (Å²) in [7, 11) is 0. The van der Waals surface area contributed by atoms with Crippen LogP contribution in [0.1, 0.15) is 32.6 Å². The Balaban J connectivity index is 1.60. The van der Waals surface area contributed by atoms with Crippen LogP contribution in [0.15, 0.2) is 60.7 Å². The van der Waals surface area contributed by atoms with Crippen LogP contribution >= 0.6 is 22.9 Å². The van der Waals surface area contributed by atoms with Gasteiger partial charge in [-0.1, -0.05) is 54.1 Å². The van der Waals surface area contributed by atoms with E-state index >= 15 is 0 Å². The molecule has 0 saturated heterocycles. The van der Waals surface area contributed by atoms with Gasteiger partial charge < -0.3 is 10.5 Å². The van der Waals surface area contributed by atoms with Gasteiger partial charge >= 0.3 is 5.97 Å². The van der Waals surface area contributed by atoms with Crippen LogP contribution in [-0.2, 0) is 16.1 Å². The van der Waals surface area contributed by atoms with Crippen molar-refractivity contribution in [2.75, 3.05) is 0 Å². The second-order valence-electron chi connectivity index (χ2n) is 6.80. The highest BCUT2D eigenvalue weighted by Crippen LogP contribution is 2.30. The van der Waals surface area contributed by atoms with Crippen molar-refractivity contribution in [2.24, 2.45) is 5.73 Å². The van der Waals surface area contributed by atoms with Crippen LogP contribution in [0.3, 0.4) is 0 Å². The minimum Gasteiger partial charge on any atom is -0.443 e. The van der Waals surface area contributed by atoms with E-state index < -0.39 is 18.0 Å². The van der Waals surface area contributed by atoms with Crippen molar-refractivity contribution in [1.29, 1.82) is 0 Å². The highest BCUT2D eigenvalue weighted by Gasteiger charge is 2.25. The second-order valence-corrected chi connectivity index (χ2v) is 8.26. The molecule has 4 aromatic rings. The van der Waals surface area contributed by atoms with Gasteiger partial charge in [0, 0.05) is 16.0 Å². The minimum atomic E-state index is -1.14. The Labute approximate surface area is 181 Å². The van der Waals surface area contributed by atoms with E-state index in [-0.39, 0.29) is 0 Å². The van der Waals surface area contributed by atoms with E-state index in [0.717, 1.165) is 21.5 Å². The number of hydrogen-bond donors (Lipinski definition) is 1. The molecule has 0 aliphatic carbocycles. The molecule has 0 spiro atoms. The first-order valence-corrected chi connectivity index (χ1v) is 10.4. The fourth-order valence-electron chi connectivity index (χ4n) is 3.17. The number of esters is 1. The molecule has 4 rings (SSSR count). The molecule has 2 heterocycles. The highest BCUT2D eigenvalue weighted by molar-refractivity contribution is 7.20. The van der Waals surface area contributed by atoms with Gasteiger partial charge in [0.2, 0.25) is 6.10 Å². The summed E-state index contributed by atoms with van der Waals surface area (Å²) in [6.07, 6.45) is -1.14. The number of hydrogen-bond acceptors (Lipinski definition) is 5. The van der Waals surface area contributed by atoms with Gasteiger partial charge in [-0.25, -0.2) is 4.79 Å². The van der Waals surface area contributed by atoms with Crippen molar-refractivity contribution >= 4 is 45.0 Å². The zero-order valence-corrected chi connectivity index (χ0v) is 17.6. The van der Waals surface area contributed by atoms with Crippen molar-refractivity contribution < 1.29 is 14.3 Å². The van der Waals surface area contributed by atoms with Gasteiger partial charge in [0.25, 0.3) is 5.91 Å². The summed E-state index contributed by atoms with van der Waals surface area (Å²) in [6.45, 7) is 2.43. The molecular weight excluding hydrogens is 422 g/mol. The summed E-state index contributed by atoms with van der Waals surface area (Å²) in [4.78, 5) is 25.8. The van der Waals surface area contributed by atoms with Gasteiger partial charge in [-0.2, -0.15) is 5.10 Å². The van der Waals surface area contributed by atoms with E-state index in [1.54, 1.807) is 30.3 Å². The lowest BCUT2D eigenvalue weighted by molar-refractivity contribution is -0.127. The second kappa shape index (κ2) is 8.30. The number of halogens is 1. The number of fused-ring (bicyclic) bond motifs is 1. The number of carbonyl (C=O) groups is 2. The molecule has 1 atom stereocenters. The molecule has 0 saturated carbocycles. The number of benzene rings is 2. The van der Waals surface area contributed by atoms with Crippen LogP contribution in [0.25, 0.3) is 10.2 Å². The van der Waals surface area contributed by atoms with E-state index in [4.69, 9.17) is 22.1 Å². The van der Waals surface area contributed by atoms with E-state index in [2.05, 4.69) is 5.10 Å². The number of rotatable bonds is 6. The number of amides is 1. The molecule has 2 aromatic heterocycles. The summed E-state index contributed by atoms with van der Waals surface area (Å²) in [5.74, 6) is -1.32. The predicted octanol–water partition coefficient (Wildman–Crippen LogP) is 4.49.